The van der Waals surface area contributed by atoms with E-state index in [0.29, 0.717) is 6.61 Å². The van der Waals surface area contributed by atoms with Gasteiger partial charge in [0.05, 0.1) is 6.61 Å². The van der Waals surface area contributed by atoms with Crippen molar-refractivity contribution < 1.29 is 9.47 Å². The fourth-order valence-corrected chi connectivity index (χ4v) is 2.49. The van der Waals surface area contributed by atoms with Crippen molar-refractivity contribution in [3.8, 4) is 0 Å². The Kier molecular flexibility index (Phi) is 2.89. The number of rotatable bonds is 3. The lowest BCUT2D eigenvalue weighted by Gasteiger charge is -2.26. The first-order valence-electron chi connectivity index (χ1n) is 6.61. The highest BCUT2D eigenvalue weighted by atomic mass is 16.8. The molecule has 1 unspecified atom stereocenters. The maximum Gasteiger partial charge on any atom is 0.165 e. The van der Waals surface area contributed by atoms with Crippen LogP contribution in [0.15, 0.2) is 30.5 Å². The number of fused-ring (bicyclic) bond motifs is 1. The zero-order valence-electron chi connectivity index (χ0n) is 11.6. The zero-order chi connectivity index (χ0) is 13.5. The van der Waals surface area contributed by atoms with Gasteiger partial charge < -0.3 is 14.5 Å². The Balaban J connectivity index is 1.69. The molecule has 1 aromatic carbocycles. The highest BCUT2D eigenvalue weighted by molar-refractivity contribution is 5.79. The maximum absolute atomic E-state index is 5.89. The Morgan fingerprint density at radius 1 is 1.26 bits per heavy atom. The Bertz CT molecular complexity index is 591. The largest absolute Gasteiger partial charge is 0.361 e. The van der Waals surface area contributed by atoms with Gasteiger partial charge in [-0.15, -0.1) is 0 Å². The van der Waals surface area contributed by atoms with Gasteiger partial charge in [0.15, 0.2) is 5.79 Å². The van der Waals surface area contributed by atoms with Crippen molar-refractivity contribution in [2.75, 3.05) is 6.61 Å². The topological polar surface area (TPSA) is 46.3 Å². The van der Waals surface area contributed by atoms with E-state index in [1.165, 1.54) is 10.9 Å². The van der Waals surface area contributed by atoms with Crippen LogP contribution >= 0.6 is 0 Å². The minimum absolute atomic E-state index is 0.422. The molecule has 0 radical (unpaired) electrons. The van der Waals surface area contributed by atoms with Gasteiger partial charge in [0.25, 0.3) is 0 Å². The molecule has 2 aromatic rings. The second-order valence-corrected chi connectivity index (χ2v) is 5.77. The summed E-state index contributed by atoms with van der Waals surface area (Å²) < 4.78 is 11.5. The zero-order valence-corrected chi connectivity index (χ0v) is 11.6. The normalized spacial score (nSPS) is 26.1. The lowest BCUT2D eigenvalue weighted by Crippen LogP contribution is -2.45. The molecular weight excluding hydrogens is 240 g/mol. The van der Waals surface area contributed by atoms with Crippen LogP contribution in [0.1, 0.15) is 26.3 Å². The minimum atomic E-state index is -0.509. The van der Waals surface area contributed by atoms with Crippen LogP contribution in [-0.2, 0) is 16.0 Å². The molecule has 102 valence electrons. The summed E-state index contributed by atoms with van der Waals surface area (Å²) in [6.07, 6.45) is 1.96. The van der Waals surface area contributed by atoms with Gasteiger partial charge in [-0.2, -0.15) is 0 Å². The molecule has 0 aliphatic carbocycles. The summed E-state index contributed by atoms with van der Waals surface area (Å²) in [6.45, 7) is 7.21. The van der Waals surface area contributed by atoms with Crippen molar-refractivity contribution >= 4 is 10.9 Å². The molecular formula is C15H20N2O2. The summed E-state index contributed by atoms with van der Waals surface area (Å²) in [6, 6.07) is 8.49. The molecule has 19 heavy (non-hydrogen) atoms. The Hall–Kier alpha value is -1.36. The first-order valence-corrected chi connectivity index (χ1v) is 6.61. The second-order valence-electron chi connectivity index (χ2n) is 5.77. The molecule has 1 aromatic heterocycles. The number of nitrogens with one attached hydrogen (secondary N) is 2. The average molecular weight is 260 g/mol. The second kappa shape index (κ2) is 4.34. The lowest BCUT2D eigenvalue weighted by molar-refractivity contribution is -0.164. The van der Waals surface area contributed by atoms with E-state index in [1.807, 2.05) is 27.0 Å². The highest BCUT2D eigenvalue weighted by Gasteiger charge is 2.41. The monoisotopic (exact) mass is 260 g/mol. The van der Waals surface area contributed by atoms with E-state index >= 15 is 0 Å². The average Bonchev–Trinajstić information content (AvgIpc) is 2.91. The van der Waals surface area contributed by atoms with Gasteiger partial charge >= 0.3 is 0 Å². The van der Waals surface area contributed by atoms with Crippen LogP contribution in [0.3, 0.4) is 0 Å². The predicted molar refractivity (Wildman–Crippen MR) is 74.7 cm³/mol. The third-order valence-electron chi connectivity index (χ3n) is 3.45. The summed E-state index contributed by atoms with van der Waals surface area (Å²) >= 11 is 0. The number of aromatic amines is 1. The number of hydrogen-bond acceptors (Lipinski definition) is 3. The van der Waals surface area contributed by atoms with Gasteiger partial charge in [-0.25, -0.2) is 0 Å². The molecule has 4 nitrogen and oxygen atoms in total. The minimum Gasteiger partial charge on any atom is -0.361 e. The summed E-state index contributed by atoms with van der Waals surface area (Å²) in [4.78, 5) is 3.23. The first kappa shape index (κ1) is 12.7. The fourth-order valence-electron chi connectivity index (χ4n) is 2.49. The summed E-state index contributed by atoms with van der Waals surface area (Å²) in [5.74, 6) is -0.509. The molecule has 2 heterocycles. The van der Waals surface area contributed by atoms with Crippen molar-refractivity contribution in [2.45, 2.75) is 38.8 Å². The smallest absolute Gasteiger partial charge is 0.165 e. The summed E-state index contributed by atoms with van der Waals surface area (Å²) in [7, 11) is 0. The molecule has 1 saturated heterocycles. The molecule has 0 amide bonds. The third-order valence-corrected chi connectivity index (χ3v) is 3.45. The third kappa shape index (κ3) is 2.66. The van der Waals surface area contributed by atoms with Gasteiger partial charge in [-0.05, 0) is 43.9 Å². The Labute approximate surface area is 113 Å². The molecule has 1 fully saturated rings. The number of ether oxygens (including phenoxy) is 2. The number of hydrogen-bond donors (Lipinski definition) is 2. The standard InChI is InChI=1S/C15H20N2O2/c1-14(2)18-10-15(3,19-14)17-9-11-4-5-12-6-7-16-13(12)8-11/h4-8,16-17H,9-10H2,1-3H3. The van der Waals surface area contributed by atoms with E-state index < -0.39 is 11.5 Å². The molecule has 1 aliphatic heterocycles. The Morgan fingerprint density at radius 3 is 2.84 bits per heavy atom. The first-order chi connectivity index (χ1) is 8.96. The van der Waals surface area contributed by atoms with E-state index in [-0.39, 0.29) is 0 Å². The van der Waals surface area contributed by atoms with E-state index in [0.717, 1.165) is 12.1 Å². The van der Waals surface area contributed by atoms with Crippen molar-refractivity contribution in [1.29, 1.82) is 0 Å². The van der Waals surface area contributed by atoms with Crippen molar-refractivity contribution in [2.24, 2.45) is 0 Å². The molecule has 2 N–H and O–H groups in total. The van der Waals surface area contributed by atoms with Crippen molar-refractivity contribution in [1.82, 2.24) is 10.3 Å². The van der Waals surface area contributed by atoms with Crippen molar-refractivity contribution in [3.63, 3.8) is 0 Å². The molecule has 3 rings (SSSR count). The number of H-pyrrole nitrogens is 1. The highest BCUT2D eigenvalue weighted by Crippen LogP contribution is 2.28. The van der Waals surface area contributed by atoms with Crippen LogP contribution in [0.4, 0.5) is 0 Å². The van der Waals surface area contributed by atoms with Crippen LogP contribution in [0.2, 0.25) is 0 Å². The summed E-state index contributed by atoms with van der Waals surface area (Å²) in [5.41, 5.74) is 1.96. The van der Waals surface area contributed by atoms with Crippen LogP contribution in [-0.4, -0.2) is 23.1 Å². The summed E-state index contributed by atoms with van der Waals surface area (Å²) in [5, 5.41) is 4.66. The molecule has 4 heteroatoms. The molecule has 1 atom stereocenters. The van der Waals surface area contributed by atoms with Gasteiger partial charge in [0, 0.05) is 18.3 Å². The van der Waals surface area contributed by atoms with E-state index in [4.69, 9.17) is 9.47 Å². The van der Waals surface area contributed by atoms with E-state index in [9.17, 15) is 0 Å². The molecule has 0 spiro atoms. The fraction of sp³-hybridized carbons (Fsp3) is 0.467. The predicted octanol–water partition coefficient (Wildman–Crippen LogP) is 2.76. The van der Waals surface area contributed by atoms with Crippen LogP contribution in [0.5, 0.6) is 0 Å². The number of aromatic nitrogens is 1. The van der Waals surface area contributed by atoms with Crippen LogP contribution < -0.4 is 5.32 Å². The SMILES string of the molecule is CC1(NCc2ccc3cc[nH]c3c2)COC(C)(C)O1. The maximum atomic E-state index is 5.89. The van der Waals surface area contributed by atoms with Crippen LogP contribution in [0, 0.1) is 0 Å². The molecule has 1 aliphatic rings. The molecule has 0 saturated carbocycles. The molecule has 0 bridgehead atoms. The van der Waals surface area contributed by atoms with E-state index in [2.05, 4.69) is 34.6 Å². The van der Waals surface area contributed by atoms with Crippen molar-refractivity contribution in [3.05, 3.63) is 36.0 Å². The van der Waals surface area contributed by atoms with Gasteiger partial charge in [0.2, 0.25) is 0 Å². The number of benzene rings is 1. The quantitative estimate of drug-likeness (QED) is 0.892. The van der Waals surface area contributed by atoms with Crippen LogP contribution in [0.25, 0.3) is 10.9 Å². The van der Waals surface area contributed by atoms with Gasteiger partial charge in [0.1, 0.15) is 5.72 Å². The van der Waals surface area contributed by atoms with Gasteiger partial charge in [-0.1, -0.05) is 12.1 Å². The lowest BCUT2D eigenvalue weighted by atomic mass is 10.1. The van der Waals surface area contributed by atoms with Gasteiger partial charge in [-0.3, -0.25) is 5.32 Å². The Morgan fingerprint density at radius 2 is 2.11 bits per heavy atom. The van der Waals surface area contributed by atoms with E-state index in [1.54, 1.807) is 0 Å².